The first-order chi connectivity index (χ1) is 8.56. The molecule has 18 heavy (non-hydrogen) atoms. The summed E-state index contributed by atoms with van der Waals surface area (Å²) in [6.07, 6.45) is 0. The van der Waals surface area contributed by atoms with Crippen LogP contribution in [0.2, 0.25) is 0 Å². The Kier molecular flexibility index (Phi) is 3.42. The topological polar surface area (TPSA) is 58.4 Å². The minimum Gasteiger partial charge on any atom is -0.358 e. The molecular formula is C11H13F2N3O2. The Morgan fingerprint density at radius 2 is 2.17 bits per heavy atom. The zero-order valence-electron chi connectivity index (χ0n) is 9.82. The first-order valence-electron chi connectivity index (χ1n) is 5.66. The molecular weight excluding hydrogens is 244 g/mol. The van der Waals surface area contributed by atoms with Crippen LogP contribution in [0, 0.1) is 21.7 Å². The molecule has 0 spiro atoms. The molecule has 98 valence electrons. The maximum absolute atomic E-state index is 13.8. The average molecular weight is 257 g/mol. The second-order valence-corrected chi connectivity index (χ2v) is 4.08. The van der Waals surface area contributed by atoms with Gasteiger partial charge in [-0.25, -0.2) is 8.78 Å². The molecule has 1 aromatic rings. The SMILES string of the molecule is CCN(c1c([N+](=O)[O-])ccc(F)c1F)C1CNC1. The van der Waals surface area contributed by atoms with Gasteiger partial charge in [-0.2, -0.15) is 0 Å². The Morgan fingerprint density at radius 1 is 1.50 bits per heavy atom. The standard InChI is InChI=1S/C11H13F2N3O2/c1-2-15(7-5-14-6-7)11-9(16(17)18)4-3-8(12)10(11)13/h3-4,7,14H,2,5-6H2,1H3. The van der Waals surface area contributed by atoms with Crippen molar-refractivity contribution < 1.29 is 13.7 Å². The third kappa shape index (κ3) is 2.01. The van der Waals surface area contributed by atoms with Crippen molar-refractivity contribution in [2.45, 2.75) is 13.0 Å². The molecule has 1 aromatic carbocycles. The highest BCUT2D eigenvalue weighted by atomic mass is 19.2. The van der Waals surface area contributed by atoms with E-state index >= 15 is 0 Å². The smallest absolute Gasteiger partial charge is 0.295 e. The number of anilines is 1. The van der Waals surface area contributed by atoms with E-state index in [0.29, 0.717) is 19.6 Å². The Hall–Kier alpha value is -1.76. The van der Waals surface area contributed by atoms with Gasteiger partial charge in [0, 0.05) is 25.7 Å². The highest BCUT2D eigenvalue weighted by molar-refractivity contribution is 5.65. The summed E-state index contributed by atoms with van der Waals surface area (Å²) in [5, 5.41) is 13.9. The summed E-state index contributed by atoms with van der Waals surface area (Å²) in [7, 11) is 0. The van der Waals surface area contributed by atoms with Crippen molar-refractivity contribution in [1.82, 2.24) is 5.32 Å². The van der Waals surface area contributed by atoms with Crippen molar-refractivity contribution >= 4 is 11.4 Å². The van der Waals surface area contributed by atoms with Gasteiger partial charge in [-0.1, -0.05) is 0 Å². The highest BCUT2D eigenvalue weighted by Gasteiger charge is 2.32. The number of hydrogen-bond donors (Lipinski definition) is 1. The lowest BCUT2D eigenvalue weighted by Crippen LogP contribution is -2.57. The van der Waals surface area contributed by atoms with Crippen LogP contribution in [0.1, 0.15) is 6.92 Å². The zero-order valence-corrected chi connectivity index (χ0v) is 9.82. The minimum absolute atomic E-state index is 0.0370. The van der Waals surface area contributed by atoms with E-state index in [1.807, 2.05) is 0 Å². The van der Waals surface area contributed by atoms with Gasteiger partial charge >= 0.3 is 0 Å². The molecule has 0 unspecified atom stereocenters. The lowest BCUT2D eigenvalue weighted by atomic mass is 10.1. The van der Waals surface area contributed by atoms with E-state index in [9.17, 15) is 18.9 Å². The number of rotatable bonds is 4. The van der Waals surface area contributed by atoms with E-state index in [2.05, 4.69) is 5.32 Å². The van der Waals surface area contributed by atoms with Crippen molar-refractivity contribution in [1.29, 1.82) is 0 Å². The van der Waals surface area contributed by atoms with E-state index in [1.165, 1.54) is 4.90 Å². The average Bonchev–Trinajstić information content (AvgIpc) is 2.27. The van der Waals surface area contributed by atoms with Gasteiger partial charge in [-0.3, -0.25) is 10.1 Å². The number of halogens is 2. The van der Waals surface area contributed by atoms with Crippen LogP contribution in [0.25, 0.3) is 0 Å². The third-order valence-corrected chi connectivity index (χ3v) is 3.07. The van der Waals surface area contributed by atoms with Gasteiger partial charge < -0.3 is 10.2 Å². The maximum Gasteiger partial charge on any atom is 0.295 e. The van der Waals surface area contributed by atoms with Crippen LogP contribution in [0.15, 0.2) is 12.1 Å². The summed E-state index contributed by atoms with van der Waals surface area (Å²) in [5.41, 5.74) is -0.656. The fourth-order valence-corrected chi connectivity index (χ4v) is 2.04. The lowest BCUT2D eigenvalue weighted by Gasteiger charge is -2.38. The molecule has 0 amide bonds. The Labute approximate surface area is 103 Å². The third-order valence-electron chi connectivity index (χ3n) is 3.07. The molecule has 0 radical (unpaired) electrons. The summed E-state index contributed by atoms with van der Waals surface area (Å²) in [4.78, 5) is 11.8. The molecule has 1 aliphatic heterocycles. The molecule has 2 rings (SSSR count). The maximum atomic E-state index is 13.8. The molecule has 0 aromatic heterocycles. The second kappa shape index (κ2) is 4.85. The van der Waals surface area contributed by atoms with Crippen LogP contribution in [-0.2, 0) is 0 Å². The van der Waals surface area contributed by atoms with Crippen molar-refractivity contribution in [2.75, 3.05) is 24.5 Å². The van der Waals surface area contributed by atoms with Crippen LogP contribution in [0.5, 0.6) is 0 Å². The molecule has 1 saturated heterocycles. The number of benzene rings is 1. The van der Waals surface area contributed by atoms with E-state index in [0.717, 1.165) is 12.1 Å². The van der Waals surface area contributed by atoms with E-state index in [1.54, 1.807) is 6.92 Å². The van der Waals surface area contributed by atoms with Crippen molar-refractivity contribution in [2.24, 2.45) is 0 Å². The molecule has 0 bridgehead atoms. The van der Waals surface area contributed by atoms with E-state index in [4.69, 9.17) is 0 Å². The second-order valence-electron chi connectivity index (χ2n) is 4.08. The Morgan fingerprint density at radius 3 is 2.61 bits per heavy atom. The van der Waals surface area contributed by atoms with Crippen LogP contribution in [0.4, 0.5) is 20.2 Å². The van der Waals surface area contributed by atoms with Gasteiger partial charge in [-0.15, -0.1) is 0 Å². The van der Waals surface area contributed by atoms with Gasteiger partial charge in [0.2, 0.25) is 0 Å². The molecule has 1 heterocycles. The summed E-state index contributed by atoms with van der Waals surface area (Å²) in [5.74, 6) is -2.22. The van der Waals surface area contributed by atoms with Gasteiger partial charge in [0.1, 0.15) is 0 Å². The number of nitro benzene ring substituents is 1. The molecule has 0 aliphatic carbocycles. The van der Waals surface area contributed by atoms with Crippen molar-refractivity contribution in [3.63, 3.8) is 0 Å². The van der Waals surface area contributed by atoms with Gasteiger partial charge in [0.25, 0.3) is 5.69 Å². The Balaban J connectivity index is 2.51. The van der Waals surface area contributed by atoms with Gasteiger partial charge in [0.05, 0.1) is 11.0 Å². The van der Waals surface area contributed by atoms with Gasteiger partial charge in [-0.05, 0) is 13.0 Å². The van der Waals surface area contributed by atoms with Crippen molar-refractivity contribution in [3.8, 4) is 0 Å². The largest absolute Gasteiger partial charge is 0.358 e. The van der Waals surface area contributed by atoms with Crippen LogP contribution < -0.4 is 10.2 Å². The molecule has 1 aliphatic rings. The molecule has 1 N–H and O–H groups in total. The molecule has 7 heteroatoms. The predicted octanol–water partition coefficient (Wildman–Crippen LogP) is 1.67. The molecule has 5 nitrogen and oxygen atoms in total. The van der Waals surface area contributed by atoms with E-state index < -0.39 is 22.2 Å². The summed E-state index contributed by atoms with van der Waals surface area (Å²) in [6.45, 7) is 3.36. The van der Waals surface area contributed by atoms with Crippen LogP contribution in [-0.4, -0.2) is 30.6 Å². The summed E-state index contributed by atoms with van der Waals surface area (Å²) in [6, 6.07) is 1.75. The number of nitrogens with zero attached hydrogens (tertiary/aromatic N) is 2. The lowest BCUT2D eigenvalue weighted by molar-refractivity contribution is -0.384. The van der Waals surface area contributed by atoms with Crippen LogP contribution in [0.3, 0.4) is 0 Å². The monoisotopic (exact) mass is 257 g/mol. The first kappa shape index (κ1) is 12.7. The number of hydrogen-bond acceptors (Lipinski definition) is 4. The molecule has 1 fully saturated rings. The minimum atomic E-state index is -1.15. The fraction of sp³-hybridized carbons (Fsp3) is 0.455. The normalized spacial score (nSPS) is 15.3. The first-order valence-corrected chi connectivity index (χ1v) is 5.66. The Bertz CT molecular complexity index is 478. The highest BCUT2D eigenvalue weighted by Crippen LogP contribution is 2.34. The van der Waals surface area contributed by atoms with Crippen molar-refractivity contribution in [3.05, 3.63) is 33.9 Å². The van der Waals surface area contributed by atoms with Gasteiger partial charge in [0.15, 0.2) is 17.3 Å². The molecule has 0 saturated carbocycles. The number of nitro groups is 1. The summed E-state index contributed by atoms with van der Waals surface area (Å²) >= 11 is 0. The van der Waals surface area contributed by atoms with Crippen LogP contribution >= 0.6 is 0 Å². The quantitative estimate of drug-likeness (QED) is 0.658. The number of likely N-dealkylation sites (N-methyl/N-ethyl adjacent to an activating group) is 1. The fourth-order valence-electron chi connectivity index (χ4n) is 2.04. The number of nitrogens with one attached hydrogen (secondary N) is 1. The summed E-state index contributed by atoms with van der Waals surface area (Å²) < 4.78 is 27.1. The zero-order chi connectivity index (χ0) is 13.3. The molecule has 0 atom stereocenters. The predicted molar refractivity (Wildman–Crippen MR) is 62.7 cm³/mol. The van der Waals surface area contributed by atoms with E-state index in [-0.39, 0.29) is 11.7 Å².